The third-order valence-corrected chi connectivity index (χ3v) is 6.94. The van der Waals surface area contributed by atoms with Gasteiger partial charge in [0.15, 0.2) is 0 Å². The fourth-order valence-corrected chi connectivity index (χ4v) is 4.86. The second-order valence-corrected chi connectivity index (χ2v) is 9.69. The molecule has 34 heavy (non-hydrogen) atoms. The summed E-state index contributed by atoms with van der Waals surface area (Å²) >= 11 is 6.32. The van der Waals surface area contributed by atoms with E-state index in [0.29, 0.717) is 11.3 Å². The van der Waals surface area contributed by atoms with Gasteiger partial charge in [-0.1, -0.05) is 69.0 Å². The molecule has 2 aliphatic rings. The summed E-state index contributed by atoms with van der Waals surface area (Å²) in [5.41, 5.74) is 3.71. The van der Waals surface area contributed by atoms with Crippen LogP contribution in [0.25, 0.3) is 0 Å². The number of para-hydroxylation sites is 1. The number of halogens is 1. The Morgan fingerprint density at radius 3 is 2.41 bits per heavy atom. The summed E-state index contributed by atoms with van der Waals surface area (Å²) in [4.78, 5) is 40.2. The van der Waals surface area contributed by atoms with E-state index in [0.717, 1.165) is 48.9 Å². The highest BCUT2D eigenvalue weighted by molar-refractivity contribution is 6.48. The topological polar surface area (TPSA) is 78.5 Å². The quantitative estimate of drug-likeness (QED) is 0.503. The number of aryl methyl sites for hydroxylation is 1. The Kier molecular flexibility index (Phi) is 7.08. The van der Waals surface area contributed by atoms with Crippen molar-refractivity contribution < 1.29 is 14.4 Å². The molecule has 0 aromatic heterocycles. The van der Waals surface area contributed by atoms with Crippen LogP contribution < -0.4 is 10.6 Å². The smallest absolute Gasteiger partial charge is 0.279 e. The van der Waals surface area contributed by atoms with E-state index in [1.807, 2.05) is 31.2 Å². The molecule has 2 N–H and O–H groups in total. The maximum atomic E-state index is 13.1. The summed E-state index contributed by atoms with van der Waals surface area (Å²) in [7, 11) is 0. The van der Waals surface area contributed by atoms with Crippen molar-refractivity contribution in [2.75, 3.05) is 10.6 Å². The van der Waals surface area contributed by atoms with Crippen molar-refractivity contribution >= 4 is 40.7 Å². The van der Waals surface area contributed by atoms with Crippen molar-refractivity contribution in [3.8, 4) is 0 Å². The maximum absolute atomic E-state index is 13.1. The van der Waals surface area contributed by atoms with Gasteiger partial charge in [-0.15, -0.1) is 0 Å². The van der Waals surface area contributed by atoms with Crippen LogP contribution in [0.4, 0.5) is 11.4 Å². The molecular weight excluding hydrogens is 450 g/mol. The predicted octanol–water partition coefficient (Wildman–Crippen LogP) is 5.93. The first kappa shape index (κ1) is 24.0. The molecule has 1 aliphatic carbocycles. The Morgan fingerprint density at radius 2 is 1.71 bits per heavy atom. The lowest BCUT2D eigenvalue weighted by molar-refractivity contribution is -0.140. The summed E-state index contributed by atoms with van der Waals surface area (Å²) in [5, 5.41) is 5.94. The minimum absolute atomic E-state index is 0.0723. The Bertz CT molecular complexity index is 1170. The number of amides is 3. The monoisotopic (exact) mass is 479 g/mol. The van der Waals surface area contributed by atoms with Gasteiger partial charge in [-0.2, -0.15) is 0 Å². The fraction of sp³-hybridized carbons (Fsp3) is 0.370. The van der Waals surface area contributed by atoms with Crippen LogP contribution in [0.15, 0.2) is 53.2 Å². The van der Waals surface area contributed by atoms with Gasteiger partial charge < -0.3 is 10.6 Å². The van der Waals surface area contributed by atoms with E-state index in [2.05, 4.69) is 24.5 Å². The molecule has 178 valence electrons. The SMILES string of the molecule is Cc1ccc(C(=O)Nc2ccccc2C(C)C)cc1NC1=C(Cl)C(=O)N(C2CCCCC2)C1=O. The van der Waals surface area contributed by atoms with Crippen molar-refractivity contribution in [1.82, 2.24) is 4.90 Å². The summed E-state index contributed by atoms with van der Waals surface area (Å²) < 4.78 is 0. The number of carbonyl (C=O) groups is 3. The van der Waals surface area contributed by atoms with E-state index in [1.165, 1.54) is 4.90 Å². The summed E-state index contributed by atoms with van der Waals surface area (Å²) in [6.45, 7) is 6.02. The lowest BCUT2D eigenvalue weighted by Gasteiger charge is -2.29. The number of hydrogen-bond acceptors (Lipinski definition) is 4. The van der Waals surface area contributed by atoms with Crippen LogP contribution in [0.2, 0.25) is 0 Å². The number of anilines is 2. The minimum Gasteiger partial charge on any atom is -0.349 e. The number of rotatable bonds is 6. The zero-order valence-electron chi connectivity index (χ0n) is 19.8. The average molecular weight is 480 g/mol. The molecule has 1 aliphatic heterocycles. The summed E-state index contributed by atoms with van der Waals surface area (Å²) in [6, 6.07) is 12.8. The van der Waals surface area contributed by atoms with Crippen molar-refractivity contribution in [3.05, 3.63) is 69.9 Å². The highest BCUT2D eigenvalue weighted by Crippen LogP contribution is 2.33. The Labute approximate surface area is 205 Å². The lowest BCUT2D eigenvalue weighted by Crippen LogP contribution is -2.42. The van der Waals surface area contributed by atoms with Gasteiger partial charge in [0.1, 0.15) is 10.7 Å². The normalized spacial score (nSPS) is 17.0. The van der Waals surface area contributed by atoms with Crippen LogP contribution in [-0.4, -0.2) is 28.7 Å². The molecule has 2 aromatic carbocycles. The standard InChI is InChI=1S/C27H30ClN3O3/c1-16(2)20-11-7-8-12-21(20)30-25(32)18-14-13-17(3)22(15-18)29-24-23(28)26(33)31(27(24)34)19-9-5-4-6-10-19/h7-8,11-16,19,29H,4-6,9-10H2,1-3H3,(H,30,32). The first-order chi connectivity index (χ1) is 16.3. The first-order valence-electron chi connectivity index (χ1n) is 11.8. The third-order valence-electron chi connectivity index (χ3n) is 6.59. The Morgan fingerprint density at radius 1 is 1.00 bits per heavy atom. The third kappa shape index (κ3) is 4.73. The number of nitrogens with one attached hydrogen (secondary N) is 2. The number of imide groups is 1. The number of nitrogens with zero attached hydrogens (tertiary/aromatic N) is 1. The molecule has 3 amide bonds. The first-order valence-corrected chi connectivity index (χ1v) is 12.2. The van der Waals surface area contributed by atoms with E-state index in [9.17, 15) is 14.4 Å². The molecule has 0 unspecified atom stereocenters. The number of carbonyl (C=O) groups excluding carboxylic acids is 3. The van der Waals surface area contributed by atoms with E-state index in [-0.39, 0.29) is 28.6 Å². The van der Waals surface area contributed by atoms with E-state index in [4.69, 9.17) is 11.6 Å². The van der Waals surface area contributed by atoms with Crippen LogP contribution in [0, 0.1) is 6.92 Å². The maximum Gasteiger partial charge on any atom is 0.279 e. The zero-order valence-corrected chi connectivity index (χ0v) is 20.5. The minimum atomic E-state index is -0.446. The second kappa shape index (κ2) is 10.0. The van der Waals surface area contributed by atoms with Crippen LogP contribution in [0.1, 0.15) is 73.4 Å². The molecule has 4 rings (SSSR count). The van der Waals surface area contributed by atoms with Gasteiger partial charge in [0.25, 0.3) is 17.7 Å². The molecule has 0 atom stereocenters. The van der Waals surface area contributed by atoms with Crippen LogP contribution in [0.5, 0.6) is 0 Å². The molecule has 1 heterocycles. The fourth-order valence-electron chi connectivity index (χ4n) is 4.64. The zero-order chi connectivity index (χ0) is 24.4. The molecular formula is C27H30ClN3O3. The van der Waals surface area contributed by atoms with Crippen LogP contribution in [0.3, 0.4) is 0 Å². The van der Waals surface area contributed by atoms with Crippen molar-refractivity contribution in [2.45, 2.75) is 64.8 Å². The highest BCUT2D eigenvalue weighted by atomic mass is 35.5. The highest BCUT2D eigenvalue weighted by Gasteiger charge is 2.42. The summed E-state index contributed by atoms with van der Waals surface area (Å²) in [5.74, 6) is -0.840. The molecule has 7 heteroatoms. The number of hydrogen-bond donors (Lipinski definition) is 2. The summed E-state index contributed by atoms with van der Waals surface area (Å²) in [6.07, 6.45) is 4.73. The Hall–Kier alpha value is -3.12. The van der Waals surface area contributed by atoms with Crippen molar-refractivity contribution in [2.24, 2.45) is 0 Å². The molecule has 0 radical (unpaired) electrons. The average Bonchev–Trinajstić information content (AvgIpc) is 3.04. The molecule has 0 bridgehead atoms. The van der Waals surface area contributed by atoms with E-state index >= 15 is 0 Å². The van der Waals surface area contributed by atoms with Gasteiger partial charge >= 0.3 is 0 Å². The molecule has 1 fully saturated rings. The lowest BCUT2D eigenvalue weighted by atomic mass is 9.94. The number of benzene rings is 2. The van der Waals surface area contributed by atoms with Gasteiger partial charge in [-0.05, 0) is 55.0 Å². The van der Waals surface area contributed by atoms with Gasteiger partial charge in [0.05, 0.1) is 0 Å². The van der Waals surface area contributed by atoms with Crippen LogP contribution in [-0.2, 0) is 9.59 Å². The van der Waals surface area contributed by atoms with Gasteiger partial charge in [-0.25, -0.2) is 0 Å². The van der Waals surface area contributed by atoms with E-state index < -0.39 is 11.8 Å². The van der Waals surface area contributed by atoms with Gasteiger partial charge in [-0.3, -0.25) is 19.3 Å². The molecule has 6 nitrogen and oxygen atoms in total. The molecule has 1 saturated carbocycles. The second-order valence-electron chi connectivity index (χ2n) is 9.31. The molecule has 0 saturated heterocycles. The Balaban J connectivity index is 1.55. The van der Waals surface area contributed by atoms with Crippen LogP contribution >= 0.6 is 11.6 Å². The van der Waals surface area contributed by atoms with Gasteiger partial charge in [0.2, 0.25) is 0 Å². The van der Waals surface area contributed by atoms with E-state index in [1.54, 1.807) is 18.2 Å². The molecule has 2 aromatic rings. The van der Waals surface area contributed by atoms with Crippen molar-refractivity contribution in [1.29, 1.82) is 0 Å². The van der Waals surface area contributed by atoms with Crippen molar-refractivity contribution in [3.63, 3.8) is 0 Å². The largest absolute Gasteiger partial charge is 0.349 e. The molecule has 0 spiro atoms. The van der Waals surface area contributed by atoms with Gasteiger partial charge in [0, 0.05) is 23.0 Å². The predicted molar refractivity (Wildman–Crippen MR) is 135 cm³/mol.